The van der Waals surface area contributed by atoms with Gasteiger partial charge in [-0.3, -0.25) is 0 Å². The van der Waals surface area contributed by atoms with Gasteiger partial charge in [0.05, 0.1) is 12.1 Å². The number of aromatic nitrogens is 1. The van der Waals surface area contributed by atoms with Gasteiger partial charge < -0.3 is 10.4 Å². The lowest BCUT2D eigenvalue weighted by molar-refractivity contribution is 0.144. The molecule has 0 saturated heterocycles. The van der Waals surface area contributed by atoms with Crippen molar-refractivity contribution in [2.75, 3.05) is 0 Å². The molecule has 4 heteroatoms. The van der Waals surface area contributed by atoms with E-state index in [1.54, 1.807) is 11.3 Å². The zero-order valence-corrected chi connectivity index (χ0v) is 10.0. The highest BCUT2D eigenvalue weighted by Gasteiger charge is 2.26. The van der Waals surface area contributed by atoms with E-state index >= 15 is 0 Å². The minimum Gasteiger partial charge on any atom is -0.392 e. The van der Waals surface area contributed by atoms with Crippen LogP contribution in [0.25, 0.3) is 0 Å². The maximum Gasteiger partial charge on any atom is 0.110 e. The van der Waals surface area contributed by atoms with E-state index in [1.807, 2.05) is 6.92 Å². The summed E-state index contributed by atoms with van der Waals surface area (Å²) < 4.78 is 0. The highest BCUT2D eigenvalue weighted by molar-refractivity contribution is 7.09. The molecular weight excluding hydrogens is 208 g/mol. The van der Waals surface area contributed by atoms with Crippen LogP contribution in [-0.4, -0.2) is 22.2 Å². The van der Waals surface area contributed by atoms with Crippen molar-refractivity contribution in [3.8, 4) is 0 Å². The largest absolute Gasteiger partial charge is 0.392 e. The molecule has 0 radical (unpaired) electrons. The maximum atomic E-state index is 9.71. The topological polar surface area (TPSA) is 45.1 Å². The third kappa shape index (κ3) is 2.56. The minimum absolute atomic E-state index is 0.173. The summed E-state index contributed by atoms with van der Waals surface area (Å²) in [6.45, 7) is 4.13. The van der Waals surface area contributed by atoms with Crippen LogP contribution >= 0.6 is 11.3 Å². The molecule has 1 aromatic heterocycles. The summed E-state index contributed by atoms with van der Waals surface area (Å²) in [6, 6.07) is 0.505. The maximum absolute atomic E-state index is 9.71. The molecular formula is C11H18N2OS. The second kappa shape index (κ2) is 4.60. The molecule has 1 heterocycles. The van der Waals surface area contributed by atoms with E-state index in [-0.39, 0.29) is 18.2 Å². The number of hydrogen-bond donors (Lipinski definition) is 2. The first-order valence-electron chi connectivity index (χ1n) is 5.53. The van der Waals surface area contributed by atoms with Crippen LogP contribution in [0.2, 0.25) is 0 Å². The van der Waals surface area contributed by atoms with Crippen molar-refractivity contribution in [2.45, 2.75) is 51.3 Å². The standard InChI is InChI=1S/C11H18N2OS/c1-7-6-15-11(12-7)8(2)13-9-4-3-5-10(9)14/h6,8-10,13-14H,3-5H2,1-2H3/t8?,9-,10-/m1/s1. The first kappa shape index (κ1) is 11.0. The summed E-state index contributed by atoms with van der Waals surface area (Å²) in [6.07, 6.45) is 2.97. The molecule has 15 heavy (non-hydrogen) atoms. The van der Waals surface area contributed by atoms with E-state index in [2.05, 4.69) is 22.6 Å². The first-order chi connectivity index (χ1) is 7.16. The molecule has 3 atom stereocenters. The van der Waals surface area contributed by atoms with E-state index in [0.717, 1.165) is 30.0 Å². The van der Waals surface area contributed by atoms with E-state index in [1.165, 1.54) is 0 Å². The Kier molecular flexibility index (Phi) is 3.38. The van der Waals surface area contributed by atoms with Gasteiger partial charge in [-0.05, 0) is 33.1 Å². The monoisotopic (exact) mass is 226 g/mol. The van der Waals surface area contributed by atoms with E-state index in [9.17, 15) is 5.11 Å². The average Bonchev–Trinajstić information content (AvgIpc) is 2.77. The highest BCUT2D eigenvalue weighted by atomic mass is 32.1. The Labute approximate surface area is 94.5 Å². The van der Waals surface area contributed by atoms with Crippen molar-refractivity contribution in [1.29, 1.82) is 0 Å². The Bertz CT molecular complexity index is 326. The zero-order chi connectivity index (χ0) is 10.8. The Morgan fingerprint density at radius 2 is 2.40 bits per heavy atom. The molecule has 1 saturated carbocycles. The van der Waals surface area contributed by atoms with Crippen molar-refractivity contribution in [3.05, 3.63) is 16.1 Å². The van der Waals surface area contributed by atoms with Gasteiger partial charge in [-0.15, -0.1) is 11.3 Å². The van der Waals surface area contributed by atoms with Crippen LogP contribution in [0.1, 0.15) is 42.9 Å². The lowest BCUT2D eigenvalue weighted by Crippen LogP contribution is -2.37. The van der Waals surface area contributed by atoms with Crippen LogP contribution in [0.5, 0.6) is 0 Å². The molecule has 1 aliphatic carbocycles. The predicted molar refractivity (Wildman–Crippen MR) is 62.0 cm³/mol. The second-order valence-electron chi connectivity index (χ2n) is 4.32. The smallest absolute Gasteiger partial charge is 0.110 e. The summed E-state index contributed by atoms with van der Waals surface area (Å²) in [4.78, 5) is 4.45. The van der Waals surface area contributed by atoms with E-state index < -0.39 is 0 Å². The molecule has 0 bridgehead atoms. The SMILES string of the molecule is Cc1csc(C(C)N[C@@H]2CCC[C@H]2O)n1. The van der Waals surface area contributed by atoms with Gasteiger partial charge in [-0.25, -0.2) is 4.98 Å². The third-order valence-electron chi connectivity index (χ3n) is 2.95. The fourth-order valence-corrected chi connectivity index (χ4v) is 2.91. The van der Waals surface area contributed by atoms with Crippen molar-refractivity contribution in [2.24, 2.45) is 0 Å². The van der Waals surface area contributed by atoms with Gasteiger partial charge in [0.1, 0.15) is 5.01 Å². The molecule has 2 rings (SSSR count). The second-order valence-corrected chi connectivity index (χ2v) is 5.21. The first-order valence-corrected chi connectivity index (χ1v) is 6.41. The zero-order valence-electron chi connectivity index (χ0n) is 9.23. The number of aryl methyl sites for hydroxylation is 1. The van der Waals surface area contributed by atoms with E-state index in [4.69, 9.17) is 0 Å². The predicted octanol–water partition coefficient (Wildman–Crippen LogP) is 2.02. The summed E-state index contributed by atoms with van der Waals surface area (Å²) in [5.41, 5.74) is 1.08. The number of aliphatic hydroxyl groups excluding tert-OH is 1. The van der Waals surface area contributed by atoms with Crippen molar-refractivity contribution in [1.82, 2.24) is 10.3 Å². The molecule has 0 aliphatic heterocycles. The van der Waals surface area contributed by atoms with Crippen molar-refractivity contribution >= 4 is 11.3 Å². The Morgan fingerprint density at radius 3 is 2.93 bits per heavy atom. The Balaban J connectivity index is 1.94. The van der Waals surface area contributed by atoms with Crippen LogP contribution in [0, 0.1) is 6.92 Å². The highest BCUT2D eigenvalue weighted by Crippen LogP contribution is 2.24. The number of rotatable bonds is 3. The lowest BCUT2D eigenvalue weighted by Gasteiger charge is -2.20. The number of nitrogens with one attached hydrogen (secondary N) is 1. The number of nitrogens with zero attached hydrogens (tertiary/aromatic N) is 1. The molecule has 1 aromatic rings. The molecule has 1 unspecified atom stereocenters. The van der Waals surface area contributed by atoms with Crippen LogP contribution in [0.15, 0.2) is 5.38 Å². The molecule has 2 N–H and O–H groups in total. The quantitative estimate of drug-likeness (QED) is 0.829. The van der Waals surface area contributed by atoms with Crippen molar-refractivity contribution in [3.63, 3.8) is 0 Å². The third-order valence-corrected chi connectivity index (χ3v) is 4.10. The van der Waals surface area contributed by atoms with Gasteiger partial charge in [0.15, 0.2) is 0 Å². The lowest BCUT2D eigenvalue weighted by atomic mass is 10.2. The van der Waals surface area contributed by atoms with Gasteiger partial charge in [0, 0.05) is 17.1 Å². The minimum atomic E-state index is -0.173. The van der Waals surface area contributed by atoms with Crippen LogP contribution in [0.4, 0.5) is 0 Å². The van der Waals surface area contributed by atoms with Gasteiger partial charge in [0.2, 0.25) is 0 Å². The normalized spacial score (nSPS) is 28.2. The molecule has 0 aromatic carbocycles. The molecule has 1 aliphatic rings. The molecule has 84 valence electrons. The van der Waals surface area contributed by atoms with Gasteiger partial charge in [-0.2, -0.15) is 0 Å². The van der Waals surface area contributed by atoms with Crippen molar-refractivity contribution < 1.29 is 5.11 Å². The molecule has 1 fully saturated rings. The summed E-state index contributed by atoms with van der Waals surface area (Å²) in [7, 11) is 0. The average molecular weight is 226 g/mol. The molecule has 0 spiro atoms. The Morgan fingerprint density at radius 1 is 1.60 bits per heavy atom. The summed E-state index contributed by atoms with van der Waals surface area (Å²) in [5, 5.41) is 16.4. The van der Waals surface area contributed by atoms with Crippen LogP contribution in [-0.2, 0) is 0 Å². The number of aliphatic hydroxyl groups is 1. The summed E-state index contributed by atoms with van der Waals surface area (Å²) in [5.74, 6) is 0. The number of hydrogen-bond acceptors (Lipinski definition) is 4. The van der Waals surface area contributed by atoms with Gasteiger partial charge in [-0.1, -0.05) is 0 Å². The van der Waals surface area contributed by atoms with Gasteiger partial charge in [0.25, 0.3) is 0 Å². The van der Waals surface area contributed by atoms with E-state index in [0.29, 0.717) is 0 Å². The molecule has 0 amide bonds. The number of thiazole rings is 1. The summed E-state index contributed by atoms with van der Waals surface area (Å²) >= 11 is 1.69. The fraction of sp³-hybridized carbons (Fsp3) is 0.727. The van der Waals surface area contributed by atoms with Crippen LogP contribution in [0.3, 0.4) is 0 Å². The van der Waals surface area contributed by atoms with Gasteiger partial charge >= 0.3 is 0 Å². The molecule has 3 nitrogen and oxygen atoms in total. The Hall–Kier alpha value is -0.450. The van der Waals surface area contributed by atoms with Crippen LogP contribution < -0.4 is 5.32 Å². The fourth-order valence-electron chi connectivity index (χ4n) is 2.10.